The van der Waals surface area contributed by atoms with Gasteiger partial charge in [-0.2, -0.15) is 0 Å². The number of benzene rings is 2. The van der Waals surface area contributed by atoms with Gasteiger partial charge in [0.2, 0.25) is 0 Å². The molecule has 5 nitrogen and oxygen atoms in total. The quantitative estimate of drug-likeness (QED) is 0.722. The van der Waals surface area contributed by atoms with Crippen LogP contribution in [0.2, 0.25) is 0 Å². The van der Waals surface area contributed by atoms with E-state index in [9.17, 15) is 4.79 Å². The van der Waals surface area contributed by atoms with Gasteiger partial charge in [-0.15, -0.1) is 0 Å². The molecule has 1 heterocycles. The Morgan fingerprint density at radius 1 is 1.11 bits per heavy atom. The number of hydrogen-bond acceptors (Lipinski definition) is 4. The van der Waals surface area contributed by atoms with Gasteiger partial charge >= 0.3 is 0 Å². The van der Waals surface area contributed by atoms with Gasteiger partial charge in [0.1, 0.15) is 17.2 Å². The van der Waals surface area contributed by atoms with Crippen molar-refractivity contribution in [2.24, 2.45) is 0 Å². The fourth-order valence-electron chi connectivity index (χ4n) is 3.54. The SMILES string of the molecule is CCCOc1cccc(C(=O)N2CCCC2c2cc(OC)ccc2OC)c1. The molecule has 1 unspecified atom stereocenters. The van der Waals surface area contributed by atoms with Crippen LogP contribution in [0.1, 0.15) is 48.1 Å². The smallest absolute Gasteiger partial charge is 0.254 e. The maximum absolute atomic E-state index is 13.2. The topological polar surface area (TPSA) is 48.0 Å². The lowest BCUT2D eigenvalue weighted by atomic mass is 10.0. The summed E-state index contributed by atoms with van der Waals surface area (Å²) in [5, 5.41) is 0. The van der Waals surface area contributed by atoms with Crippen molar-refractivity contribution < 1.29 is 19.0 Å². The van der Waals surface area contributed by atoms with E-state index >= 15 is 0 Å². The highest BCUT2D eigenvalue weighted by Crippen LogP contribution is 2.39. The molecule has 0 bridgehead atoms. The number of methoxy groups -OCH3 is 2. The molecule has 1 saturated heterocycles. The molecule has 0 N–H and O–H groups in total. The molecule has 27 heavy (non-hydrogen) atoms. The maximum Gasteiger partial charge on any atom is 0.254 e. The first kappa shape index (κ1) is 19.1. The van der Waals surface area contributed by atoms with E-state index in [1.807, 2.05) is 47.4 Å². The minimum Gasteiger partial charge on any atom is -0.497 e. The number of rotatable bonds is 7. The second-order valence-electron chi connectivity index (χ2n) is 6.64. The first-order chi connectivity index (χ1) is 13.2. The van der Waals surface area contributed by atoms with E-state index in [1.165, 1.54) is 0 Å². The lowest BCUT2D eigenvalue weighted by molar-refractivity contribution is 0.0733. The van der Waals surface area contributed by atoms with E-state index in [0.717, 1.165) is 48.6 Å². The summed E-state index contributed by atoms with van der Waals surface area (Å²) in [4.78, 5) is 15.1. The molecule has 144 valence electrons. The highest BCUT2D eigenvalue weighted by molar-refractivity contribution is 5.95. The van der Waals surface area contributed by atoms with Crippen LogP contribution in [-0.2, 0) is 0 Å². The van der Waals surface area contributed by atoms with Crippen molar-refractivity contribution in [3.8, 4) is 17.2 Å². The van der Waals surface area contributed by atoms with Crippen molar-refractivity contribution in [2.75, 3.05) is 27.4 Å². The minimum atomic E-state index is -0.0252. The van der Waals surface area contributed by atoms with Crippen LogP contribution in [0.15, 0.2) is 42.5 Å². The van der Waals surface area contributed by atoms with Crippen molar-refractivity contribution in [1.29, 1.82) is 0 Å². The Morgan fingerprint density at radius 2 is 1.96 bits per heavy atom. The average Bonchev–Trinajstić information content (AvgIpc) is 3.21. The maximum atomic E-state index is 13.2. The molecule has 1 atom stereocenters. The standard InChI is InChI=1S/C22H27NO4/c1-4-13-27-18-8-5-7-16(14-18)22(24)23-12-6-9-20(23)19-15-17(25-2)10-11-21(19)26-3/h5,7-8,10-11,14-15,20H,4,6,9,12-13H2,1-3H3. The van der Waals surface area contributed by atoms with E-state index in [-0.39, 0.29) is 11.9 Å². The zero-order chi connectivity index (χ0) is 19.2. The Morgan fingerprint density at radius 3 is 2.70 bits per heavy atom. The van der Waals surface area contributed by atoms with E-state index < -0.39 is 0 Å². The van der Waals surface area contributed by atoms with Gasteiger partial charge in [0.15, 0.2) is 0 Å². The van der Waals surface area contributed by atoms with Crippen molar-refractivity contribution in [3.05, 3.63) is 53.6 Å². The van der Waals surface area contributed by atoms with Crippen molar-refractivity contribution >= 4 is 5.91 Å². The zero-order valence-corrected chi connectivity index (χ0v) is 16.2. The van der Waals surface area contributed by atoms with Crippen LogP contribution < -0.4 is 14.2 Å². The average molecular weight is 369 g/mol. The van der Waals surface area contributed by atoms with Gasteiger partial charge in [-0.25, -0.2) is 0 Å². The largest absolute Gasteiger partial charge is 0.497 e. The number of hydrogen-bond donors (Lipinski definition) is 0. The van der Waals surface area contributed by atoms with Gasteiger partial charge in [0.25, 0.3) is 5.91 Å². The van der Waals surface area contributed by atoms with Gasteiger partial charge in [0, 0.05) is 17.7 Å². The molecule has 2 aromatic rings. The Balaban J connectivity index is 1.87. The summed E-state index contributed by atoms with van der Waals surface area (Å²) < 4.78 is 16.6. The summed E-state index contributed by atoms with van der Waals surface area (Å²) >= 11 is 0. The van der Waals surface area contributed by atoms with Crippen LogP contribution in [0.4, 0.5) is 0 Å². The Labute approximate surface area is 160 Å². The molecule has 0 radical (unpaired) electrons. The van der Waals surface area contributed by atoms with Gasteiger partial charge in [-0.1, -0.05) is 13.0 Å². The molecular weight excluding hydrogens is 342 g/mol. The molecule has 0 saturated carbocycles. The molecular formula is C22H27NO4. The first-order valence-corrected chi connectivity index (χ1v) is 9.43. The third-order valence-corrected chi connectivity index (χ3v) is 4.86. The fraction of sp³-hybridized carbons (Fsp3) is 0.409. The number of amides is 1. The third kappa shape index (κ3) is 4.18. The van der Waals surface area contributed by atoms with Crippen LogP contribution in [0, 0.1) is 0 Å². The van der Waals surface area contributed by atoms with Crippen LogP contribution in [0.3, 0.4) is 0 Å². The highest BCUT2D eigenvalue weighted by atomic mass is 16.5. The van der Waals surface area contributed by atoms with Crippen LogP contribution in [-0.4, -0.2) is 38.2 Å². The summed E-state index contributed by atoms with van der Waals surface area (Å²) in [6, 6.07) is 13.1. The summed E-state index contributed by atoms with van der Waals surface area (Å²) in [5.74, 6) is 2.29. The van der Waals surface area contributed by atoms with E-state index in [1.54, 1.807) is 14.2 Å². The highest BCUT2D eigenvalue weighted by Gasteiger charge is 2.32. The summed E-state index contributed by atoms with van der Waals surface area (Å²) in [6.45, 7) is 3.43. The number of carbonyl (C=O) groups is 1. The predicted octanol–water partition coefficient (Wildman–Crippen LogP) is 4.47. The molecule has 5 heteroatoms. The Bertz CT molecular complexity index is 790. The van der Waals surface area contributed by atoms with Crippen molar-refractivity contribution in [3.63, 3.8) is 0 Å². The molecule has 1 aliphatic heterocycles. The van der Waals surface area contributed by atoms with Crippen LogP contribution in [0.5, 0.6) is 17.2 Å². The van der Waals surface area contributed by atoms with Gasteiger partial charge in [-0.05, 0) is 55.7 Å². The second kappa shape index (κ2) is 8.80. The van der Waals surface area contributed by atoms with Gasteiger partial charge in [-0.3, -0.25) is 4.79 Å². The molecule has 3 rings (SSSR count). The van der Waals surface area contributed by atoms with Crippen LogP contribution >= 0.6 is 0 Å². The summed E-state index contributed by atoms with van der Waals surface area (Å²) in [5.41, 5.74) is 1.64. The Kier molecular flexibility index (Phi) is 6.22. The number of nitrogens with zero attached hydrogens (tertiary/aromatic N) is 1. The fourth-order valence-corrected chi connectivity index (χ4v) is 3.54. The van der Waals surface area contributed by atoms with E-state index in [0.29, 0.717) is 12.2 Å². The molecule has 1 aliphatic rings. The Hall–Kier alpha value is -2.69. The minimum absolute atomic E-state index is 0.0179. The third-order valence-electron chi connectivity index (χ3n) is 4.86. The monoisotopic (exact) mass is 369 g/mol. The number of carbonyl (C=O) groups excluding carboxylic acids is 1. The van der Waals surface area contributed by atoms with E-state index in [4.69, 9.17) is 14.2 Å². The molecule has 1 amide bonds. The summed E-state index contributed by atoms with van der Waals surface area (Å²) in [6.07, 6.45) is 2.80. The van der Waals surface area contributed by atoms with Gasteiger partial charge < -0.3 is 19.1 Å². The lowest BCUT2D eigenvalue weighted by Crippen LogP contribution is -2.30. The van der Waals surface area contributed by atoms with Crippen LogP contribution in [0.25, 0.3) is 0 Å². The molecule has 0 spiro atoms. The first-order valence-electron chi connectivity index (χ1n) is 9.43. The van der Waals surface area contributed by atoms with Crippen molar-refractivity contribution in [2.45, 2.75) is 32.2 Å². The number of likely N-dealkylation sites (tertiary alicyclic amines) is 1. The van der Waals surface area contributed by atoms with E-state index in [2.05, 4.69) is 6.92 Å². The second-order valence-corrected chi connectivity index (χ2v) is 6.64. The molecule has 0 aromatic heterocycles. The number of ether oxygens (including phenoxy) is 3. The molecule has 2 aromatic carbocycles. The van der Waals surface area contributed by atoms with Gasteiger partial charge in [0.05, 0.1) is 26.9 Å². The zero-order valence-electron chi connectivity index (χ0n) is 16.2. The molecule has 0 aliphatic carbocycles. The molecule has 1 fully saturated rings. The predicted molar refractivity (Wildman–Crippen MR) is 105 cm³/mol. The van der Waals surface area contributed by atoms with Crippen molar-refractivity contribution in [1.82, 2.24) is 4.90 Å². The lowest BCUT2D eigenvalue weighted by Gasteiger charge is -2.27. The normalized spacial score (nSPS) is 16.3. The summed E-state index contributed by atoms with van der Waals surface area (Å²) in [7, 11) is 3.30.